The van der Waals surface area contributed by atoms with Gasteiger partial charge in [-0.05, 0) is 39.0 Å². The third-order valence-corrected chi connectivity index (χ3v) is 3.53. The molecule has 0 aliphatic carbocycles. The lowest BCUT2D eigenvalue weighted by atomic mass is 9.97. The first-order valence-electron chi connectivity index (χ1n) is 8.46. The van der Waals surface area contributed by atoms with Gasteiger partial charge in [0.2, 0.25) is 11.8 Å². The summed E-state index contributed by atoms with van der Waals surface area (Å²) in [5.41, 5.74) is 4.70. The summed E-state index contributed by atoms with van der Waals surface area (Å²) in [6, 6.07) is -1.55. The molecule has 0 bridgehead atoms. The van der Waals surface area contributed by atoms with Crippen LogP contribution in [0.1, 0.15) is 61.3 Å². The molecule has 24 heavy (non-hydrogen) atoms. The number of ether oxygens (including phenoxy) is 1. The molecule has 0 aromatic carbocycles. The lowest BCUT2D eigenvalue weighted by molar-refractivity contribution is -0.129. The van der Waals surface area contributed by atoms with E-state index in [2.05, 4.69) is 10.6 Å². The number of primary amides is 1. The minimum absolute atomic E-state index is 0.120. The molecule has 0 aromatic heterocycles. The van der Waals surface area contributed by atoms with E-state index in [0.717, 1.165) is 0 Å². The first kappa shape index (κ1) is 22.2. The molecule has 0 rings (SSSR count). The molecule has 0 saturated carbocycles. The lowest BCUT2D eigenvalue weighted by Gasteiger charge is -2.27. The number of alkyl carbamates (subject to hydrolysis) is 1. The molecule has 7 heteroatoms. The van der Waals surface area contributed by atoms with Gasteiger partial charge in [0.05, 0.1) is 0 Å². The van der Waals surface area contributed by atoms with Gasteiger partial charge in [-0.2, -0.15) is 0 Å². The van der Waals surface area contributed by atoms with Gasteiger partial charge in [0.25, 0.3) is 0 Å². The van der Waals surface area contributed by atoms with Crippen molar-refractivity contribution in [3.05, 3.63) is 0 Å². The summed E-state index contributed by atoms with van der Waals surface area (Å²) in [6.45, 7) is 12.9. The number of carbonyl (C=O) groups excluding carboxylic acids is 3. The van der Waals surface area contributed by atoms with E-state index in [-0.39, 0.29) is 11.8 Å². The Hall–Kier alpha value is -1.79. The van der Waals surface area contributed by atoms with Crippen molar-refractivity contribution in [3.8, 4) is 0 Å². The Balaban J connectivity index is 5.06. The predicted octanol–water partition coefficient (Wildman–Crippen LogP) is 1.94. The predicted molar refractivity (Wildman–Crippen MR) is 93.2 cm³/mol. The average Bonchev–Trinajstić information content (AvgIpc) is 2.40. The molecule has 0 heterocycles. The van der Waals surface area contributed by atoms with Crippen LogP contribution in [0.3, 0.4) is 0 Å². The van der Waals surface area contributed by atoms with Crippen LogP contribution in [0.25, 0.3) is 0 Å². The van der Waals surface area contributed by atoms with Crippen molar-refractivity contribution in [2.75, 3.05) is 0 Å². The highest BCUT2D eigenvalue weighted by molar-refractivity contribution is 5.90. The van der Waals surface area contributed by atoms with Gasteiger partial charge in [0.15, 0.2) is 0 Å². The van der Waals surface area contributed by atoms with Crippen LogP contribution < -0.4 is 16.4 Å². The molecule has 0 fully saturated rings. The summed E-state index contributed by atoms with van der Waals surface area (Å²) in [5, 5.41) is 5.24. The molecular weight excluding hydrogens is 310 g/mol. The van der Waals surface area contributed by atoms with Gasteiger partial charge in [0, 0.05) is 0 Å². The summed E-state index contributed by atoms with van der Waals surface area (Å²) in [7, 11) is 0. The fourth-order valence-corrected chi connectivity index (χ4v) is 2.12. The number of amides is 3. The standard InChI is InChI=1S/C17H33N3O4/c1-8-11(4)13(20-16(23)24-17(5,6)7)15(22)19-12(14(18)21)9-10(2)3/h10-13H,8-9H2,1-7H3,(H2,18,21)(H,19,22)(H,20,23)/t11-,12-,13-/m0/s1. The number of hydrogen-bond donors (Lipinski definition) is 3. The Morgan fingerprint density at radius 2 is 1.62 bits per heavy atom. The highest BCUT2D eigenvalue weighted by atomic mass is 16.6. The third kappa shape index (κ3) is 8.74. The molecular formula is C17H33N3O4. The molecule has 140 valence electrons. The molecule has 4 N–H and O–H groups in total. The summed E-state index contributed by atoms with van der Waals surface area (Å²) in [5.74, 6) is -0.939. The minimum Gasteiger partial charge on any atom is -0.444 e. The van der Waals surface area contributed by atoms with Crippen molar-refractivity contribution in [3.63, 3.8) is 0 Å². The number of rotatable bonds is 8. The second-order valence-corrected chi connectivity index (χ2v) is 7.60. The number of nitrogens with two attached hydrogens (primary N) is 1. The van der Waals surface area contributed by atoms with Crippen LogP contribution in [0, 0.1) is 11.8 Å². The van der Waals surface area contributed by atoms with Gasteiger partial charge in [-0.15, -0.1) is 0 Å². The molecule has 3 amide bonds. The van der Waals surface area contributed by atoms with Gasteiger partial charge >= 0.3 is 6.09 Å². The Bertz CT molecular complexity index is 444. The molecule has 0 spiro atoms. The highest BCUT2D eigenvalue weighted by Gasteiger charge is 2.30. The quantitative estimate of drug-likeness (QED) is 0.625. The van der Waals surface area contributed by atoms with Crippen molar-refractivity contribution in [1.82, 2.24) is 10.6 Å². The number of hydrogen-bond acceptors (Lipinski definition) is 4. The number of carbonyl (C=O) groups is 3. The van der Waals surface area contributed by atoms with Crippen molar-refractivity contribution in [2.45, 2.75) is 79.0 Å². The Morgan fingerprint density at radius 3 is 2.00 bits per heavy atom. The molecule has 3 atom stereocenters. The number of nitrogens with one attached hydrogen (secondary N) is 2. The summed E-state index contributed by atoms with van der Waals surface area (Å²) >= 11 is 0. The topological polar surface area (TPSA) is 111 Å². The van der Waals surface area contributed by atoms with Crippen molar-refractivity contribution >= 4 is 17.9 Å². The van der Waals surface area contributed by atoms with Crippen LogP contribution in [0.4, 0.5) is 4.79 Å². The molecule has 0 saturated heterocycles. The molecule has 0 aliphatic rings. The molecule has 0 radical (unpaired) electrons. The lowest BCUT2D eigenvalue weighted by Crippen LogP contribution is -2.55. The smallest absolute Gasteiger partial charge is 0.408 e. The molecule has 7 nitrogen and oxygen atoms in total. The zero-order valence-electron chi connectivity index (χ0n) is 15.9. The molecule has 0 aromatic rings. The van der Waals surface area contributed by atoms with Crippen LogP contribution in [0.2, 0.25) is 0 Å². The minimum atomic E-state index is -0.793. The van der Waals surface area contributed by atoms with Crippen LogP contribution >= 0.6 is 0 Å². The largest absolute Gasteiger partial charge is 0.444 e. The first-order chi connectivity index (χ1) is 10.9. The van der Waals surface area contributed by atoms with Crippen molar-refractivity contribution < 1.29 is 19.1 Å². The van der Waals surface area contributed by atoms with Gasteiger partial charge in [-0.25, -0.2) is 4.79 Å². The van der Waals surface area contributed by atoms with Gasteiger partial charge in [0.1, 0.15) is 17.7 Å². The van der Waals surface area contributed by atoms with Gasteiger partial charge in [-0.3, -0.25) is 9.59 Å². The van der Waals surface area contributed by atoms with E-state index in [9.17, 15) is 14.4 Å². The fourth-order valence-electron chi connectivity index (χ4n) is 2.12. The van der Waals surface area contributed by atoms with Gasteiger partial charge < -0.3 is 21.1 Å². The molecule has 0 aliphatic heterocycles. The zero-order valence-corrected chi connectivity index (χ0v) is 15.9. The first-order valence-corrected chi connectivity index (χ1v) is 8.46. The fraction of sp³-hybridized carbons (Fsp3) is 0.824. The Labute approximate surface area is 145 Å². The molecule has 0 unspecified atom stereocenters. The summed E-state index contributed by atoms with van der Waals surface area (Å²) in [4.78, 5) is 36.1. The van der Waals surface area contributed by atoms with E-state index in [1.54, 1.807) is 20.8 Å². The summed E-state index contributed by atoms with van der Waals surface area (Å²) < 4.78 is 5.21. The van der Waals surface area contributed by atoms with Crippen LogP contribution in [0.5, 0.6) is 0 Å². The van der Waals surface area contributed by atoms with Gasteiger partial charge in [-0.1, -0.05) is 34.1 Å². The maximum absolute atomic E-state index is 12.6. The van der Waals surface area contributed by atoms with E-state index in [4.69, 9.17) is 10.5 Å². The Kier molecular flexibility index (Phi) is 8.78. The Morgan fingerprint density at radius 1 is 1.08 bits per heavy atom. The third-order valence-electron chi connectivity index (χ3n) is 3.53. The monoisotopic (exact) mass is 343 g/mol. The van der Waals surface area contributed by atoms with Crippen LogP contribution in [-0.4, -0.2) is 35.6 Å². The maximum Gasteiger partial charge on any atom is 0.408 e. The van der Waals surface area contributed by atoms with Crippen molar-refractivity contribution in [2.24, 2.45) is 17.6 Å². The summed E-state index contributed by atoms with van der Waals surface area (Å²) in [6.07, 6.45) is 0.461. The normalized spacial score (nSPS) is 15.3. The average molecular weight is 343 g/mol. The zero-order chi connectivity index (χ0) is 19.1. The van der Waals surface area contributed by atoms with E-state index in [0.29, 0.717) is 12.8 Å². The van der Waals surface area contributed by atoms with E-state index < -0.39 is 35.6 Å². The van der Waals surface area contributed by atoms with E-state index >= 15 is 0 Å². The van der Waals surface area contributed by atoms with Crippen molar-refractivity contribution in [1.29, 1.82) is 0 Å². The second kappa shape index (κ2) is 9.49. The maximum atomic E-state index is 12.6. The second-order valence-electron chi connectivity index (χ2n) is 7.60. The highest BCUT2D eigenvalue weighted by Crippen LogP contribution is 2.12. The van der Waals surface area contributed by atoms with E-state index in [1.165, 1.54) is 0 Å². The SMILES string of the molecule is CC[C@H](C)[C@H](NC(=O)OC(C)(C)C)C(=O)N[C@@H](CC(C)C)C(N)=O. The van der Waals surface area contributed by atoms with E-state index in [1.807, 2.05) is 27.7 Å². The van der Waals surface area contributed by atoms with Crippen LogP contribution in [0.15, 0.2) is 0 Å². The van der Waals surface area contributed by atoms with Crippen LogP contribution in [-0.2, 0) is 14.3 Å².